The van der Waals surface area contributed by atoms with Gasteiger partial charge in [-0.2, -0.15) is 17.5 Å². The Bertz CT molecular complexity index is 1530. The van der Waals surface area contributed by atoms with E-state index in [4.69, 9.17) is 4.74 Å². The van der Waals surface area contributed by atoms with Crippen LogP contribution in [0, 0.1) is 12.8 Å². The molecule has 0 aromatic heterocycles. The SMILES string of the molecule is Cc1ccccc1-c1ccc2c(c1)O[C@H](CN(C)C(=O)Nc1ccc(C(F)(F)F)cc1)[C@@H](C)CN([C@@H](C)CO)S2(=O)=O. The fourth-order valence-corrected chi connectivity index (χ4v) is 6.65. The second-order valence-corrected chi connectivity index (χ2v) is 12.5. The van der Waals surface area contributed by atoms with Crippen molar-refractivity contribution in [3.8, 4) is 16.9 Å². The molecule has 1 heterocycles. The molecule has 3 atom stereocenters. The molecule has 3 aromatic rings. The zero-order valence-corrected chi connectivity index (χ0v) is 24.5. The van der Waals surface area contributed by atoms with Gasteiger partial charge in [0, 0.05) is 31.2 Å². The first-order valence-corrected chi connectivity index (χ1v) is 14.8. The average Bonchev–Trinajstić information content (AvgIpc) is 2.94. The minimum Gasteiger partial charge on any atom is -0.487 e. The van der Waals surface area contributed by atoms with Crippen LogP contribution in [0.2, 0.25) is 0 Å². The van der Waals surface area contributed by atoms with Gasteiger partial charge in [0.1, 0.15) is 16.7 Å². The number of carbonyl (C=O) groups excluding carboxylic acids is 1. The van der Waals surface area contributed by atoms with Gasteiger partial charge in [0.15, 0.2) is 0 Å². The van der Waals surface area contributed by atoms with Crippen LogP contribution < -0.4 is 10.1 Å². The minimum absolute atomic E-state index is 0.0298. The van der Waals surface area contributed by atoms with E-state index in [0.717, 1.165) is 28.8 Å². The number of benzene rings is 3. The molecule has 1 aliphatic rings. The first-order chi connectivity index (χ1) is 19.7. The lowest BCUT2D eigenvalue weighted by atomic mass is 10.00. The van der Waals surface area contributed by atoms with Crippen molar-refractivity contribution in [2.24, 2.45) is 5.92 Å². The molecule has 2 amide bonds. The summed E-state index contributed by atoms with van der Waals surface area (Å²) in [6.45, 7) is 5.06. The van der Waals surface area contributed by atoms with Gasteiger partial charge in [-0.3, -0.25) is 0 Å². The molecule has 12 heteroatoms. The van der Waals surface area contributed by atoms with Crippen molar-refractivity contribution >= 4 is 21.7 Å². The van der Waals surface area contributed by atoms with E-state index in [1.807, 2.05) is 31.2 Å². The van der Waals surface area contributed by atoms with Crippen LogP contribution in [0.4, 0.5) is 23.7 Å². The third-order valence-corrected chi connectivity index (χ3v) is 9.41. The number of halogens is 3. The zero-order valence-electron chi connectivity index (χ0n) is 23.7. The van der Waals surface area contributed by atoms with E-state index in [9.17, 15) is 31.5 Å². The number of hydrogen-bond acceptors (Lipinski definition) is 5. The Morgan fingerprint density at radius 1 is 1.14 bits per heavy atom. The Kier molecular flexibility index (Phi) is 9.19. The Morgan fingerprint density at radius 2 is 1.81 bits per heavy atom. The number of hydrogen-bond donors (Lipinski definition) is 2. The number of aryl methyl sites for hydroxylation is 1. The van der Waals surface area contributed by atoms with Gasteiger partial charge in [-0.05, 0) is 66.9 Å². The Hall–Kier alpha value is -3.61. The molecule has 0 spiro atoms. The third-order valence-electron chi connectivity index (χ3n) is 7.39. The lowest BCUT2D eigenvalue weighted by molar-refractivity contribution is -0.137. The largest absolute Gasteiger partial charge is 0.487 e. The van der Waals surface area contributed by atoms with Crippen molar-refractivity contribution in [1.29, 1.82) is 0 Å². The van der Waals surface area contributed by atoms with Crippen LogP contribution in [0.5, 0.6) is 5.75 Å². The molecule has 0 fully saturated rings. The van der Waals surface area contributed by atoms with Crippen molar-refractivity contribution < 1.29 is 36.2 Å². The highest BCUT2D eigenvalue weighted by Gasteiger charge is 2.38. The number of ether oxygens (including phenoxy) is 1. The molecular weight excluding hydrogens is 571 g/mol. The summed E-state index contributed by atoms with van der Waals surface area (Å²) in [4.78, 5) is 14.3. The Labute approximate surface area is 243 Å². The van der Waals surface area contributed by atoms with E-state index in [2.05, 4.69) is 5.32 Å². The lowest BCUT2D eigenvalue weighted by Gasteiger charge is -2.37. The maximum atomic E-state index is 13.8. The number of urea groups is 1. The second-order valence-electron chi connectivity index (χ2n) is 10.6. The Balaban J connectivity index is 1.65. The van der Waals surface area contributed by atoms with Gasteiger partial charge in [0.05, 0.1) is 18.7 Å². The standard InChI is InChI=1S/C30H34F3N3O5S/c1-19-7-5-6-8-25(19)22-9-14-28-26(15-22)41-27(20(2)16-36(21(3)18-37)42(28,39)40)17-35(4)29(38)34-24-12-10-23(11-13-24)30(31,32)33/h5-15,20-21,27,37H,16-18H2,1-4H3,(H,34,38)/t20-,21-,27+/m0/s1. The number of alkyl halides is 3. The van der Waals surface area contributed by atoms with Crippen LogP contribution in [-0.2, 0) is 16.2 Å². The summed E-state index contributed by atoms with van der Waals surface area (Å²) in [5.41, 5.74) is 2.01. The number of anilines is 1. The number of carbonyl (C=O) groups is 1. The number of amides is 2. The number of aliphatic hydroxyl groups is 1. The highest BCUT2D eigenvalue weighted by Crippen LogP contribution is 2.37. The third kappa shape index (κ3) is 6.71. The van der Waals surface area contributed by atoms with Gasteiger partial charge in [0.2, 0.25) is 10.0 Å². The second kappa shape index (κ2) is 12.3. The molecule has 0 radical (unpaired) electrons. The van der Waals surface area contributed by atoms with E-state index in [-0.39, 0.29) is 36.0 Å². The van der Waals surface area contributed by atoms with E-state index < -0.39 is 45.9 Å². The maximum absolute atomic E-state index is 13.8. The lowest BCUT2D eigenvalue weighted by Crippen LogP contribution is -2.50. The summed E-state index contributed by atoms with van der Waals surface area (Å²) in [6, 6.07) is 15.4. The molecule has 1 aliphatic heterocycles. The first-order valence-electron chi connectivity index (χ1n) is 13.4. The normalized spacial score (nSPS) is 19.5. The molecule has 0 aliphatic carbocycles. The van der Waals surface area contributed by atoms with Crippen LogP contribution in [0.3, 0.4) is 0 Å². The van der Waals surface area contributed by atoms with Gasteiger partial charge in [0.25, 0.3) is 0 Å². The molecule has 226 valence electrons. The Morgan fingerprint density at radius 3 is 2.43 bits per heavy atom. The topological polar surface area (TPSA) is 99.2 Å². The predicted molar refractivity (Wildman–Crippen MR) is 154 cm³/mol. The quantitative estimate of drug-likeness (QED) is 0.381. The summed E-state index contributed by atoms with van der Waals surface area (Å²) in [5.74, 6) is -0.288. The van der Waals surface area contributed by atoms with E-state index in [1.165, 1.54) is 34.5 Å². The first kappa shape index (κ1) is 31.3. The zero-order chi connectivity index (χ0) is 30.8. The van der Waals surface area contributed by atoms with Gasteiger partial charge in [-0.15, -0.1) is 0 Å². The van der Waals surface area contributed by atoms with E-state index in [0.29, 0.717) is 0 Å². The number of likely N-dealkylation sites (N-methyl/N-ethyl adjacent to an activating group) is 1. The smallest absolute Gasteiger partial charge is 0.416 e. The van der Waals surface area contributed by atoms with Crippen molar-refractivity contribution in [3.05, 3.63) is 77.9 Å². The fraction of sp³-hybridized carbons (Fsp3) is 0.367. The predicted octanol–water partition coefficient (Wildman–Crippen LogP) is 5.61. The molecule has 0 unspecified atom stereocenters. The van der Waals surface area contributed by atoms with E-state index in [1.54, 1.807) is 26.0 Å². The summed E-state index contributed by atoms with van der Waals surface area (Å²) in [6.07, 6.45) is -5.15. The number of aliphatic hydroxyl groups excluding tert-OH is 1. The molecule has 42 heavy (non-hydrogen) atoms. The maximum Gasteiger partial charge on any atom is 0.416 e. The number of sulfonamides is 1. The highest BCUT2D eigenvalue weighted by molar-refractivity contribution is 7.89. The summed E-state index contributed by atoms with van der Waals surface area (Å²) in [7, 11) is -2.53. The van der Waals surface area contributed by atoms with Gasteiger partial charge in [-0.1, -0.05) is 37.3 Å². The van der Waals surface area contributed by atoms with Crippen molar-refractivity contribution in [3.63, 3.8) is 0 Å². The van der Waals surface area contributed by atoms with Crippen LogP contribution >= 0.6 is 0 Å². The van der Waals surface area contributed by atoms with Crippen LogP contribution in [0.25, 0.3) is 11.1 Å². The molecule has 0 saturated heterocycles. The number of nitrogens with one attached hydrogen (secondary N) is 1. The van der Waals surface area contributed by atoms with Crippen LogP contribution in [-0.4, -0.2) is 67.7 Å². The summed E-state index contributed by atoms with van der Waals surface area (Å²) >= 11 is 0. The molecule has 0 bridgehead atoms. The van der Waals surface area contributed by atoms with Crippen molar-refractivity contribution in [1.82, 2.24) is 9.21 Å². The molecule has 8 nitrogen and oxygen atoms in total. The summed E-state index contributed by atoms with van der Waals surface area (Å²) < 4.78 is 73.8. The van der Waals surface area contributed by atoms with Gasteiger partial charge in [-0.25, -0.2) is 13.2 Å². The molecule has 2 N–H and O–H groups in total. The number of fused-ring (bicyclic) bond motifs is 1. The number of nitrogens with zero attached hydrogens (tertiary/aromatic N) is 2. The highest BCUT2D eigenvalue weighted by atomic mass is 32.2. The van der Waals surface area contributed by atoms with Gasteiger partial charge >= 0.3 is 12.2 Å². The number of rotatable bonds is 6. The molecule has 0 saturated carbocycles. The minimum atomic E-state index is -4.49. The molecular formula is C30H34F3N3O5S. The molecule has 3 aromatic carbocycles. The van der Waals surface area contributed by atoms with Crippen LogP contribution in [0.1, 0.15) is 25.0 Å². The summed E-state index contributed by atoms with van der Waals surface area (Å²) in [5, 5.41) is 12.4. The monoisotopic (exact) mass is 605 g/mol. The van der Waals surface area contributed by atoms with E-state index >= 15 is 0 Å². The van der Waals surface area contributed by atoms with Crippen molar-refractivity contribution in [2.45, 2.75) is 44.0 Å². The average molecular weight is 606 g/mol. The van der Waals surface area contributed by atoms with Crippen molar-refractivity contribution in [2.75, 3.05) is 32.1 Å². The van der Waals surface area contributed by atoms with Gasteiger partial charge < -0.3 is 20.1 Å². The fourth-order valence-electron chi connectivity index (χ4n) is 4.82. The molecule has 4 rings (SSSR count). The van der Waals surface area contributed by atoms with Crippen LogP contribution in [0.15, 0.2) is 71.6 Å².